The Morgan fingerprint density at radius 3 is 2.50 bits per heavy atom. The molecule has 1 aliphatic rings. The SMILES string of the molecule is O=C(NCc1cc(Br)cs1)C1CCN(S(=O)(=O)c2ccc(F)cc2)CC1. The number of nitrogens with zero attached hydrogens (tertiary/aromatic N) is 1. The topological polar surface area (TPSA) is 66.5 Å². The van der Waals surface area contributed by atoms with Crippen molar-refractivity contribution in [2.75, 3.05) is 13.1 Å². The first kappa shape index (κ1) is 19.5. The zero-order chi connectivity index (χ0) is 18.7. The van der Waals surface area contributed by atoms with Crippen LogP contribution >= 0.6 is 27.3 Å². The quantitative estimate of drug-likeness (QED) is 0.743. The molecule has 0 bridgehead atoms. The third-order valence-electron chi connectivity index (χ3n) is 4.33. The zero-order valence-corrected chi connectivity index (χ0v) is 17.0. The van der Waals surface area contributed by atoms with Gasteiger partial charge in [0, 0.05) is 33.7 Å². The van der Waals surface area contributed by atoms with Crippen molar-refractivity contribution < 1.29 is 17.6 Å². The predicted octanol–water partition coefficient (Wildman–Crippen LogP) is 3.37. The predicted molar refractivity (Wildman–Crippen MR) is 102 cm³/mol. The zero-order valence-electron chi connectivity index (χ0n) is 13.8. The third-order valence-corrected chi connectivity index (χ3v) is 7.95. The lowest BCUT2D eigenvalue weighted by Crippen LogP contribution is -2.42. The summed E-state index contributed by atoms with van der Waals surface area (Å²) in [5.74, 6) is -0.719. The van der Waals surface area contributed by atoms with E-state index in [1.165, 1.54) is 16.4 Å². The maximum absolute atomic E-state index is 13.0. The Balaban J connectivity index is 1.54. The lowest BCUT2D eigenvalue weighted by Gasteiger charge is -2.30. The smallest absolute Gasteiger partial charge is 0.243 e. The fourth-order valence-corrected chi connectivity index (χ4v) is 5.74. The molecule has 9 heteroatoms. The lowest BCUT2D eigenvalue weighted by atomic mass is 9.97. The first-order chi connectivity index (χ1) is 12.4. The highest BCUT2D eigenvalue weighted by molar-refractivity contribution is 9.10. The molecule has 26 heavy (non-hydrogen) atoms. The molecular formula is C17H18BrFN2O3S2. The largest absolute Gasteiger partial charge is 0.351 e. The van der Waals surface area contributed by atoms with Gasteiger partial charge in [0.2, 0.25) is 15.9 Å². The highest BCUT2D eigenvalue weighted by Crippen LogP contribution is 2.25. The van der Waals surface area contributed by atoms with E-state index in [9.17, 15) is 17.6 Å². The van der Waals surface area contributed by atoms with Gasteiger partial charge in [-0.25, -0.2) is 12.8 Å². The average Bonchev–Trinajstić information content (AvgIpc) is 3.05. The number of benzene rings is 1. The summed E-state index contributed by atoms with van der Waals surface area (Å²) in [6, 6.07) is 6.76. The van der Waals surface area contributed by atoms with Crippen LogP contribution in [0.4, 0.5) is 4.39 Å². The molecule has 1 aromatic carbocycles. The summed E-state index contributed by atoms with van der Waals surface area (Å²) in [5, 5.41) is 4.87. The maximum Gasteiger partial charge on any atom is 0.243 e. The van der Waals surface area contributed by atoms with Crippen molar-refractivity contribution in [3.8, 4) is 0 Å². The average molecular weight is 461 g/mol. The van der Waals surface area contributed by atoms with Gasteiger partial charge in [0.1, 0.15) is 5.82 Å². The van der Waals surface area contributed by atoms with Crippen LogP contribution in [0.15, 0.2) is 45.1 Å². The van der Waals surface area contributed by atoms with E-state index in [4.69, 9.17) is 0 Å². The van der Waals surface area contributed by atoms with Gasteiger partial charge in [-0.3, -0.25) is 4.79 Å². The van der Waals surface area contributed by atoms with Gasteiger partial charge in [-0.15, -0.1) is 11.3 Å². The summed E-state index contributed by atoms with van der Waals surface area (Å²) in [6.45, 7) is 1.04. The van der Waals surface area contributed by atoms with E-state index in [1.807, 2.05) is 11.4 Å². The Bertz CT molecular complexity index is 876. The molecule has 1 amide bonds. The Morgan fingerprint density at radius 2 is 1.92 bits per heavy atom. The van der Waals surface area contributed by atoms with Gasteiger partial charge >= 0.3 is 0 Å². The molecule has 3 rings (SSSR count). The normalized spacial score (nSPS) is 16.5. The van der Waals surface area contributed by atoms with Crippen LogP contribution in [0, 0.1) is 11.7 Å². The van der Waals surface area contributed by atoms with Gasteiger partial charge in [-0.05, 0) is 59.1 Å². The second-order valence-electron chi connectivity index (χ2n) is 6.08. The maximum atomic E-state index is 13.0. The van der Waals surface area contributed by atoms with Crippen molar-refractivity contribution in [1.29, 1.82) is 0 Å². The molecular weight excluding hydrogens is 443 g/mol. The summed E-state index contributed by atoms with van der Waals surface area (Å²) in [7, 11) is -3.65. The van der Waals surface area contributed by atoms with Crippen molar-refractivity contribution in [2.45, 2.75) is 24.3 Å². The summed E-state index contributed by atoms with van der Waals surface area (Å²) >= 11 is 4.94. The first-order valence-corrected chi connectivity index (χ1v) is 11.2. The Labute approximate surface area is 164 Å². The van der Waals surface area contributed by atoms with Crippen molar-refractivity contribution in [3.05, 3.63) is 50.9 Å². The molecule has 1 aliphatic heterocycles. The van der Waals surface area contributed by atoms with Crippen LogP contribution in [0.25, 0.3) is 0 Å². The van der Waals surface area contributed by atoms with Crippen molar-refractivity contribution in [3.63, 3.8) is 0 Å². The number of thiophene rings is 1. The van der Waals surface area contributed by atoms with E-state index in [2.05, 4.69) is 21.2 Å². The Hall–Kier alpha value is -1.29. The third kappa shape index (κ3) is 4.51. The minimum atomic E-state index is -3.65. The summed E-state index contributed by atoms with van der Waals surface area (Å²) < 4.78 is 40.5. The van der Waals surface area contributed by atoms with E-state index in [-0.39, 0.29) is 29.8 Å². The number of carbonyl (C=O) groups excluding carboxylic acids is 1. The van der Waals surface area contributed by atoms with E-state index in [1.54, 1.807) is 11.3 Å². The number of halogens is 2. The minimum Gasteiger partial charge on any atom is -0.351 e. The van der Waals surface area contributed by atoms with Gasteiger partial charge < -0.3 is 5.32 Å². The van der Waals surface area contributed by atoms with Gasteiger partial charge in [0.25, 0.3) is 0 Å². The van der Waals surface area contributed by atoms with E-state index in [0.717, 1.165) is 21.5 Å². The second kappa shape index (κ2) is 8.16. The van der Waals surface area contributed by atoms with E-state index >= 15 is 0 Å². The van der Waals surface area contributed by atoms with Crippen LogP contribution in [-0.4, -0.2) is 31.7 Å². The molecule has 0 radical (unpaired) electrons. The number of amides is 1. The molecule has 0 spiro atoms. The standard InChI is InChI=1S/C17H18BrFN2O3S2/c18-13-9-15(25-11-13)10-20-17(22)12-5-7-21(8-6-12)26(23,24)16-3-1-14(19)2-4-16/h1-4,9,11-12H,5-8,10H2,(H,20,22). The molecule has 140 valence electrons. The first-order valence-electron chi connectivity index (χ1n) is 8.12. The van der Waals surface area contributed by atoms with Gasteiger partial charge in [-0.2, -0.15) is 4.31 Å². The molecule has 0 atom stereocenters. The number of sulfonamides is 1. The highest BCUT2D eigenvalue weighted by atomic mass is 79.9. The van der Waals surface area contributed by atoms with Crippen molar-refractivity contribution in [1.82, 2.24) is 9.62 Å². The molecule has 5 nitrogen and oxygen atoms in total. The van der Waals surface area contributed by atoms with Crippen molar-refractivity contribution in [2.24, 2.45) is 5.92 Å². The molecule has 1 saturated heterocycles. The molecule has 1 N–H and O–H groups in total. The molecule has 1 aromatic heterocycles. The Kier molecular flexibility index (Phi) is 6.11. The number of hydrogen-bond acceptors (Lipinski definition) is 4. The minimum absolute atomic E-state index is 0.0478. The van der Waals surface area contributed by atoms with Gasteiger partial charge in [0.05, 0.1) is 11.4 Å². The molecule has 0 saturated carbocycles. The summed E-state index contributed by atoms with van der Waals surface area (Å²) in [6.07, 6.45) is 0.945. The number of carbonyl (C=O) groups is 1. The molecule has 0 aliphatic carbocycles. The molecule has 1 fully saturated rings. The second-order valence-corrected chi connectivity index (χ2v) is 9.93. The van der Waals surface area contributed by atoms with Crippen LogP contribution in [0.5, 0.6) is 0 Å². The summed E-state index contributed by atoms with van der Waals surface area (Å²) in [5.41, 5.74) is 0. The number of rotatable bonds is 5. The highest BCUT2D eigenvalue weighted by Gasteiger charge is 2.32. The van der Waals surface area contributed by atoms with Crippen LogP contribution in [-0.2, 0) is 21.4 Å². The molecule has 0 unspecified atom stereocenters. The monoisotopic (exact) mass is 460 g/mol. The molecule has 2 aromatic rings. The summed E-state index contributed by atoms with van der Waals surface area (Å²) in [4.78, 5) is 13.4. The Morgan fingerprint density at radius 1 is 1.27 bits per heavy atom. The van der Waals surface area contributed by atoms with Crippen LogP contribution < -0.4 is 5.32 Å². The fourth-order valence-electron chi connectivity index (χ4n) is 2.88. The van der Waals surface area contributed by atoms with Crippen LogP contribution in [0.1, 0.15) is 17.7 Å². The van der Waals surface area contributed by atoms with Gasteiger partial charge in [-0.1, -0.05) is 0 Å². The number of hydrogen-bond donors (Lipinski definition) is 1. The van der Waals surface area contributed by atoms with Crippen molar-refractivity contribution >= 4 is 43.2 Å². The van der Waals surface area contributed by atoms with Crippen LogP contribution in [0.2, 0.25) is 0 Å². The molecule has 2 heterocycles. The van der Waals surface area contributed by atoms with Gasteiger partial charge in [0.15, 0.2) is 0 Å². The number of piperidine rings is 1. The number of nitrogens with one attached hydrogen (secondary N) is 1. The van der Waals surface area contributed by atoms with E-state index < -0.39 is 15.8 Å². The van der Waals surface area contributed by atoms with Crippen LogP contribution in [0.3, 0.4) is 0 Å². The fraction of sp³-hybridized carbons (Fsp3) is 0.353. The van der Waals surface area contributed by atoms with E-state index in [0.29, 0.717) is 19.4 Å². The lowest BCUT2D eigenvalue weighted by molar-refractivity contribution is -0.126.